The largest absolute Gasteiger partial charge is 0.336 e. The third kappa shape index (κ3) is 3.12. The first-order valence-electron chi connectivity index (χ1n) is 5.04. The quantitative estimate of drug-likeness (QED) is 0.753. The van der Waals surface area contributed by atoms with Crippen LogP contribution in [0.25, 0.3) is 0 Å². The Hall–Kier alpha value is -0.870. The summed E-state index contributed by atoms with van der Waals surface area (Å²) in [5, 5.41) is 0. The van der Waals surface area contributed by atoms with Gasteiger partial charge < -0.3 is 10.3 Å². The molecular formula is C10H20N4. The van der Waals surface area contributed by atoms with Crippen molar-refractivity contribution in [3.63, 3.8) is 0 Å². The predicted molar refractivity (Wildman–Crippen MR) is 57.9 cm³/mol. The summed E-state index contributed by atoms with van der Waals surface area (Å²) < 4.78 is 2.03. The van der Waals surface area contributed by atoms with Gasteiger partial charge in [0.2, 0.25) is 0 Å². The SMILES string of the molecule is CC(C)N(C)Cc1cn(CCN)cn1. The summed E-state index contributed by atoms with van der Waals surface area (Å²) >= 11 is 0. The minimum atomic E-state index is 0.551. The number of hydrogen-bond acceptors (Lipinski definition) is 3. The molecule has 0 atom stereocenters. The lowest BCUT2D eigenvalue weighted by atomic mass is 10.3. The van der Waals surface area contributed by atoms with Gasteiger partial charge in [0.25, 0.3) is 0 Å². The van der Waals surface area contributed by atoms with E-state index in [1.807, 2.05) is 10.9 Å². The van der Waals surface area contributed by atoms with E-state index >= 15 is 0 Å². The molecule has 80 valence electrons. The minimum Gasteiger partial charge on any atom is -0.336 e. The standard InChI is InChI=1S/C10H20N4/c1-9(2)13(3)6-10-7-14(5-4-11)8-12-10/h7-9H,4-6,11H2,1-3H3. The molecular weight excluding hydrogens is 176 g/mol. The van der Waals surface area contributed by atoms with Crippen LogP contribution in [0.4, 0.5) is 0 Å². The second kappa shape index (κ2) is 5.12. The van der Waals surface area contributed by atoms with Gasteiger partial charge in [0, 0.05) is 31.9 Å². The molecule has 0 aromatic carbocycles. The molecule has 1 heterocycles. The normalized spacial score (nSPS) is 11.6. The zero-order chi connectivity index (χ0) is 10.6. The van der Waals surface area contributed by atoms with Crippen molar-refractivity contribution < 1.29 is 0 Å². The number of rotatable bonds is 5. The number of nitrogens with zero attached hydrogens (tertiary/aromatic N) is 3. The first-order chi connectivity index (χ1) is 6.63. The second-order valence-corrected chi connectivity index (χ2v) is 3.90. The third-order valence-electron chi connectivity index (χ3n) is 2.37. The zero-order valence-corrected chi connectivity index (χ0v) is 9.27. The Balaban J connectivity index is 2.50. The van der Waals surface area contributed by atoms with Crippen molar-refractivity contribution in [3.05, 3.63) is 18.2 Å². The van der Waals surface area contributed by atoms with E-state index in [-0.39, 0.29) is 0 Å². The van der Waals surface area contributed by atoms with Crippen LogP contribution in [0.3, 0.4) is 0 Å². The number of hydrogen-bond donors (Lipinski definition) is 1. The van der Waals surface area contributed by atoms with Gasteiger partial charge in [-0.05, 0) is 20.9 Å². The number of imidazole rings is 1. The molecule has 0 aliphatic rings. The lowest BCUT2D eigenvalue weighted by Gasteiger charge is -2.19. The maximum atomic E-state index is 5.46. The van der Waals surface area contributed by atoms with E-state index in [4.69, 9.17) is 5.73 Å². The highest BCUT2D eigenvalue weighted by Gasteiger charge is 2.05. The summed E-state index contributed by atoms with van der Waals surface area (Å²) in [6.45, 7) is 6.76. The van der Waals surface area contributed by atoms with Crippen molar-refractivity contribution >= 4 is 0 Å². The number of aromatic nitrogens is 2. The molecule has 1 rings (SSSR count). The molecule has 0 saturated carbocycles. The Bertz CT molecular complexity index is 267. The van der Waals surface area contributed by atoms with Gasteiger partial charge in [0.05, 0.1) is 12.0 Å². The maximum absolute atomic E-state index is 5.46. The van der Waals surface area contributed by atoms with E-state index in [1.54, 1.807) is 0 Å². The highest BCUT2D eigenvalue weighted by Crippen LogP contribution is 2.03. The Morgan fingerprint density at radius 3 is 2.86 bits per heavy atom. The zero-order valence-electron chi connectivity index (χ0n) is 9.27. The number of nitrogens with two attached hydrogens (primary N) is 1. The summed E-state index contributed by atoms with van der Waals surface area (Å²) in [6, 6.07) is 0.551. The van der Waals surface area contributed by atoms with Crippen molar-refractivity contribution in [3.8, 4) is 0 Å². The van der Waals surface area contributed by atoms with Crippen LogP contribution in [0, 0.1) is 0 Å². The van der Waals surface area contributed by atoms with Crippen LogP contribution in [-0.4, -0.2) is 34.1 Å². The average Bonchev–Trinajstić information content (AvgIpc) is 2.53. The third-order valence-corrected chi connectivity index (χ3v) is 2.37. The molecule has 0 spiro atoms. The molecule has 1 aromatic heterocycles. The maximum Gasteiger partial charge on any atom is 0.0950 e. The van der Waals surface area contributed by atoms with Gasteiger partial charge in [-0.15, -0.1) is 0 Å². The first kappa shape index (κ1) is 11.2. The molecule has 0 saturated heterocycles. The van der Waals surface area contributed by atoms with Crippen LogP contribution < -0.4 is 5.73 Å². The summed E-state index contributed by atoms with van der Waals surface area (Å²) in [7, 11) is 2.10. The van der Waals surface area contributed by atoms with Crippen LogP contribution in [0.15, 0.2) is 12.5 Å². The predicted octanol–water partition coefficient (Wildman–Crippen LogP) is 0.682. The molecule has 14 heavy (non-hydrogen) atoms. The fourth-order valence-electron chi connectivity index (χ4n) is 1.20. The van der Waals surface area contributed by atoms with Crippen LogP contribution in [-0.2, 0) is 13.1 Å². The first-order valence-corrected chi connectivity index (χ1v) is 5.04. The van der Waals surface area contributed by atoms with Crippen LogP contribution in [0.2, 0.25) is 0 Å². The molecule has 2 N–H and O–H groups in total. The minimum absolute atomic E-state index is 0.551. The van der Waals surface area contributed by atoms with Crippen molar-refractivity contribution in [2.75, 3.05) is 13.6 Å². The van der Waals surface area contributed by atoms with Crippen LogP contribution in [0.5, 0.6) is 0 Å². The van der Waals surface area contributed by atoms with Crippen molar-refractivity contribution in [2.45, 2.75) is 33.0 Å². The molecule has 4 nitrogen and oxygen atoms in total. The molecule has 0 amide bonds. The van der Waals surface area contributed by atoms with Crippen LogP contribution in [0.1, 0.15) is 19.5 Å². The van der Waals surface area contributed by atoms with Gasteiger partial charge in [-0.2, -0.15) is 0 Å². The molecule has 0 unspecified atom stereocenters. The lowest BCUT2D eigenvalue weighted by molar-refractivity contribution is 0.263. The van der Waals surface area contributed by atoms with Gasteiger partial charge in [-0.25, -0.2) is 4.98 Å². The summed E-state index contributed by atoms with van der Waals surface area (Å²) in [6.07, 6.45) is 3.90. The summed E-state index contributed by atoms with van der Waals surface area (Å²) in [5.41, 5.74) is 6.57. The summed E-state index contributed by atoms with van der Waals surface area (Å²) in [4.78, 5) is 6.58. The van der Waals surface area contributed by atoms with E-state index in [9.17, 15) is 0 Å². The molecule has 0 fully saturated rings. The van der Waals surface area contributed by atoms with Gasteiger partial charge in [0.1, 0.15) is 0 Å². The van der Waals surface area contributed by atoms with E-state index in [0.717, 1.165) is 18.8 Å². The molecule has 4 heteroatoms. The van der Waals surface area contributed by atoms with E-state index in [1.165, 1.54) is 0 Å². The van der Waals surface area contributed by atoms with E-state index in [2.05, 4.69) is 37.0 Å². The van der Waals surface area contributed by atoms with Crippen molar-refractivity contribution in [1.82, 2.24) is 14.5 Å². The Kier molecular flexibility index (Phi) is 4.10. The molecule has 0 bridgehead atoms. The van der Waals surface area contributed by atoms with Gasteiger partial charge >= 0.3 is 0 Å². The van der Waals surface area contributed by atoms with E-state index < -0.39 is 0 Å². The highest BCUT2D eigenvalue weighted by molar-refractivity contribution is 4.96. The monoisotopic (exact) mass is 196 g/mol. The van der Waals surface area contributed by atoms with E-state index in [0.29, 0.717) is 12.6 Å². The van der Waals surface area contributed by atoms with Crippen molar-refractivity contribution in [1.29, 1.82) is 0 Å². The molecule has 1 aromatic rings. The Labute approximate surface area is 85.7 Å². The van der Waals surface area contributed by atoms with Gasteiger partial charge in [0.15, 0.2) is 0 Å². The average molecular weight is 196 g/mol. The summed E-state index contributed by atoms with van der Waals surface area (Å²) in [5.74, 6) is 0. The highest BCUT2D eigenvalue weighted by atomic mass is 15.1. The van der Waals surface area contributed by atoms with Gasteiger partial charge in [-0.3, -0.25) is 4.90 Å². The fraction of sp³-hybridized carbons (Fsp3) is 0.700. The second-order valence-electron chi connectivity index (χ2n) is 3.90. The molecule has 0 aliphatic carbocycles. The Morgan fingerprint density at radius 1 is 1.57 bits per heavy atom. The fourth-order valence-corrected chi connectivity index (χ4v) is 1.20. The molecule has 0 radical (unpaired) electrons. The topological polar surface area (TPSA) is 47.1 Å². The van der Waals surface area contributed by atoms with Gasteiger partial charge in [-0.1, -0.05) is 0 Å². The van der Waals surface area contributed by atoms with Crippen molar-refractivity contribution in [2.24, 2.45) is 5.73 Å². The van der Waals surface area contributed by atoms with Crippen LogP contribution >= 0.6 is 0 Å². The smallest absolute Gasteiger partial charge is 0.0950 e. The Morgan fingerprint density at radius 2 is 2.29 bits per heavy atom. The lowest BCUT2D eigenvalue weighted by Crippen LogP contribution is -2.25. The molecule has 0 aliphatic heterocycles.